The molecular weight excluding hydrogens is 267 g/mol. The van der Waals surface area contributed by atoms with Crippen molar-refractivity contribution in [2.75, 3.05) is 0 Å². The highest BCUT2D eigenvalue weighted by atomic mass is 19.4. The van der Waals surface area contributed by atoms with E-state index in [1.165, 1.54) is 25.2 Å². The van der Waals surface area contributed by atoms with Crippen LogP contribution in [0.4, 0.5) is 13.2 Å². The van der Waals surface area contributed by atoms with Crippen LogP contribution in [0.5, 0.6) is 0 Å². The number of halogens is 3. The Balaban J connectivity index is 2.43. The Labute approximate surface area is 116 Å². The van der Waals surface area contributed by atoms with Crippen molar-refractivity contribution in [2.24, 2.45) is 23.0 Å². The second-order valence-corrected chi connectivity index (χ2v) is 6.00. The number of carbonyl (C=O) groups excluding carboxylic acids is 1. The van der Waals surface area contributed by atoms with Gasteiger partial charge in [-0.05, 0) is 25.7 Å². The fourth-order valence-electron chi connectivity index (χ4n) is 3.60. The molecule has 0 aromatic heterocycles. The van der Waals surface area contributed by atoms with Gasteiger partial charge < -0.3 is 5.73 Å². The van der Waals surface area contributed by atoms with Gasteiger partial charge in [0.15, 0.2) is 0 Å². The van der Waals surface area contributed by atoms with Gasteiger partial charge in [-0.2, -0.15) is 13.2 Å². The molecule has 0 heterocycles. The molecule has 5 heteroatoms. The Morgan fingerprint density at radius 1 is 1.30 bits per heavy atom. The van der Waals surface area contributed by atoms with Crippen LogP contribution in [0.2, 0.25) is 0 Å². The zero-order chi connectivity index (χ0) is 15.0. The van der Waals surface area contributed by atoms with E-state index in [1.807, 2.05) is 0 Å². The van der Waals surface area contributed by atoms with Crippen LogP contribution in [-0.2, 0) is 4.79 Å². The van der Waals surface area contributed by atoms with E-state index in [4.69, 9.17) is 5.73 Å². The van der Waals surface area contributed by atoms with Crippen LogP contribution in [0.15, 0.2) is 23.8 Å². The van der Waals surface area contributed by atoms with Gasteiger partial charge in [-0.15, -0.1) is 0 Å². The van der Waals surface area contributed by atoms with E-state index < -0.39 is 23.4 Å². The molecule has 1 amide bonds. The summed E-state index contributed by atoms with van der Waals surface area (Å²) in [6, 6.07) is 0. The normalized spacial score (nSPS) is 32.0. The van der Waals surface area contributed by atoms with Crippen LogP contribution in [0.3, 0.4) is 0 Å². The average Bonchev–Trinajstić information content (AvgIpc) is 2.38. The van der Waals surface area contributed by atoms with Crippen molar-refractivity contribution in [3.8, 4) is 0 Å². The van der Waals surface area contributed by atoms with Crippen molar-refractivity contribution in [3.05, 3.63) is 23.8 Å². The molecule has 0 bridgehead atoms. The summed E-state index contributed by atoms with van der Waals surface area (Å²) in [5.41, 5.74) is 3.44. The smallest absolute Gasteiger partial charge is 0.366 e. The molecule has 1 fully saturated rings. The minimum Gasteiger partial charge on any atom is -0.366 e. The van der Waals surface area contributed by atoms with Crippen molar-refractivity contribution in [1.29, 1.82) is 0 Å². The van der Waals surface area contributed by atoms with E-state index in [0.29, 0.717) is 0 Å². The van der Waals surface area contributed by atoms with Gasteiger partial charge in [0.1, 0.15) is 0 Å². The first-order valence-corrected chi connectivity index (χ1v) is 7.03. The molecular formula is C15H20F3NO. The quantitative estimate of drug-likeness (QED) is 0.826. The maximum atomic E-state index is 13.5. The Morgan fingerprint density at radius 2 is 1.90 bits per heavy atom. The monoisotopic (exact) mass is 287 g/mol. The first-order valence-electron chi connectivity index (χ1n) is 7.03. The Kier molecular flexibility index (Phi) is 3.98. The molecule has 0 aromatic rings. The highest BCUT2D eigenvalue weighted by molar-refractivity contribution is 5.93. The number of primary amides is 1. The molecule has 112 valence electrons. The van der Waals surface area contributed by atoms with E-state index in [-0.39, 0.29) is 11.5 Å². The number of hydrogen-bond donors (Lipinski definition) is 1. The van der Waals surface area contributed by atoms with Crippen molar-refractivity contribution in [1.82, 2.24) is 0 Å². The summed E-state index contributed by atoms with van der Waals surface area (Å²) in [6.07, 6.45) is 3.91. The zero-order valence-corrected chi connectivity index (χ0v) is 11.5. The molecule has 2 rings (SSSR count). The summed E-state index contributed by atoms with van der Waals surface area (Å²) >= 11 is 0. The number of carbonyl (C=O) groups is 1. The van der Waals surface area contributed by atoms with Gasteiger partial charge in [-0.3, -0.25) is 4.79 Å². The van der Waals surface area contributed by atoms with Crippen LogP contribution in [0, 0.1) is 17.3 Å². The maximum Gasteiger partial charge on any atom is 0.398 e. The molecule has 0 saturated heterocycles. The van der Waals surface area contributed by atoms with Crippen LogP contribution in [0.1, 0.15) is 39.0 Å². The highest BCUT2D eigenvalue weighted by Crippen LogP contribution is 2.54. The van der Waals surface area contributed by atoms with E-state index >= 15 is 0 Å². The van der Waals surface area contributed by atoms with Crippen LogP contribution in [0.25, 0.3) is 0 Å². The van der Waals surface area contributed by atoms with Gasteiger partial charge in [-0.1, -0.05) is 37.5 Å². The molecule has 1 saturated carbocycles. The molecule has 2 atom stereocenters. The van der Waals surface area contributed by atoms with Crippen LogP contribution in [-0.4, -0.2) is 12.1 Å². The minimum absolute atomic E-state index is 0.124. The third kappa shape index (κ3) is 2.50. The Morgan fingerprint density at radius 3 is 2.40 bits per heavy atom. The summed E-state index contributed by atoms with van der Waals surface area (Å²) in [4.78, 5) is 11.6. The molecule has 0 radical (unpaired) electrons. The van der Waals surface area contributed by atoms with Gasteiger partial charge in [0.05, 0.1) is 5.41 Å². The lowest BCUT2D eigenvalue weighted by molar-refractivity contribution is -0.219. The molecule has 0 aromatic carbocycles. The largest absolute Gasteiger partial charge is 0.398 e. The maximum absolute atomic E-state index is 13.5. The summed E-state index contributed by atoms with van der Waals surface area (Å²) in [6.45, 7) is 1.18. The topological polar surface area (TPSA) is 43.1 Å². The molecule has 0 spiro atoms. The second kappa shape index (κ2) is 5.26. The first-order chi connectivity index (χ1) is 9.27. The highest BCUT2D eigenvalue weighted by Gasteiger charge is 2.58. The molecule has 2 aliphatic carbocycles. The van der Waals surface area contributed by atoms with E-state index in [1.54, 1.807) is 0 Å². The van der Waals surface area contributed by atoms with Crippen LogP contribution < -0.4 is 5.73 Å². The predicted molar refractivity (Wildman–Crippen MR) is 70.6 cm³/mol. The first kappa shape index (κ1) is 15.1. The lowest BCUT2D eigenvalue weighted by atomic mass is 9.61. The van der Waals surface area contributed by atoms with Gasteiger partial charge >= 0.3 is 6.18 Å². The zero-order valence-electron chi connectivity index (χ0n) is 11.5. The summed E-state index contributed by atoms with van der Waals surface area (Å²) in [5.74, 6) is -1.72. The van der Waals surface area contributed by atoms with Crippen molar-refractivity contribution in [2.45, 2.75) is 45.2 Å². The lowest BCUT2D eigenvalue weighted by Gasteiger charge is -2.44. The van der Waals surface area contributed by atoms with E-state index in [2.05, 4.69) is 0 Å². The van der Waals surface area contributed by atoms with Gasteiger partial charge in [-0.25, -0.2) is 0 Å². The van der Waals surface area contributed by atoms with E-state index in [9.17, 15) is 18.0 Å². The Bertz CT molecular complexity index is 447. The van der Waals surface area contributed by atoms with Gasteiger partial charge in [0.25, 0.3) is 0 Å². The van der Waals surface area contributed by atoms with Crippen molar-refractivity contribution < 1.29 is 18.0 Å². The average molecular weight is 287 g/mol. The SMILES string of the molecule is CC1(C(F)(F)F)C=CC=C(C(N)=O)C1C1CCCCC1. The summed E-state index contributed by atoms with van der Waals surface area (Å²) in [7, 11) is 0. The van der Waals surface area contributed by atoms with Gasteiger partial charge in [0, 0.05) is 11.5 Å². The van der Waals surface area contributed by atoms with Gasteiger partial charge in [0.2, 0.25) is 5.91 Å². The Hall–Kier alpha value is -1.26. The molecule has 2 aliphatic rings. The molecule has 2 unspecified atom stereocenters. The third-order valence-electron chi connectivity index (χ3n) is 4.72. The molecule has 2 N–H and O–H groups in total. The number of amides is 1. The van der Waals surface area contributed by atoms with Crippen molar-refractivity contribution in [3.63, 3.8) is 0 Å². The number of allylic oxidation sites excluding steroid dienone is 3. The predicted octanol–water partition coefficient (Wildman–Crippen LogP) is 3.73. The fourth-order valence-corrected chi connectivity index (χ4v) is 3.60. The molecule has 2 nitrogen and oxygen atoms in total. The molecule has 0 aliphatic heterocycles. The second-order valence-electron chi connectivity index (χ2n) is 6.00. The molecule has 20 heavy (non-hydrogen) atoms. The summed E-state index contributed by atoms with van der Waals surface area (Å²) in [5, 5.41) is 0. The standard InChI is InChI=1S/C15H20F3NO/c1-14(15(16,17)18)9-5-8-11(13(19)20)12(14)10-6-3-2-4-7-10/h5,8-10,12H,2-4,6-7H2,1H3,(H2,19,20). The number of nitrogens with two attached hydrogens (primary N) is 1. The van der Waals surface area contributed by atoms with Crippen molar-refractivity contribution >= 4 is 5.91 Å². The lowest BCUT2D eigenvalue weighted by Crippen LogP contribution is -2.47. The number of hydrogen-bond acceptors (Lipinski definition) is 1. The fraction of sp³-hybridized carbons (Fsp3) is 0.667. The summed E-state index contributed by atoms with van der Waals surface area (Å²) < 4.78 is 40.6. The number of alkyl halides is 3. The number of rotatable bonds is 2. The van der Waals surface area contributed by atoms with E-state index in [0.717, 1.165) is 32.1 Å². The third-order valence-corrected chi connectivity index (χ3v) is 4.72. The minimum atomic E-state index is -4.39. The van der Waals surface area contributed by atoms with Crippen LogP contribution >= 0.6 is 0 Å².